The Morgan fingerprint density at radius 3 is 2.50 bits per heavy atom. The second-order valence-corrected chi connectivity index (χ2v) is 7.85. The molecule has 0 fully saturated rings. The fourth-order valence-electron chi connectivity index (χ4n) is 3.03. The number of nitrogens with one attached hydrogen (secondary N) is 2. The number of anilines is 1. The maximum atomic E-state index is 12.9. The molecule has 3 aromatic rings. The largest absolute Gasteiger partial charge is 0.370 e. The van der Waals surface area contributed by atoms with E-state index < -0.39 is 10.0 Å². The smallest absolute Gasteiger partial charge is 0.261 e. The molecule has 1 aliphatic rings. The van der Waals surface area contributed by atoms with E-state index in [1.165, 1.54) is 0 Å². The zero-order chi connectivity index (χ0) is 18.0. The molecule has 1 aliphatic heterocycles. The van der Waals surface area contributed by atoms with Gasteiger partial charge in [-0.25, -0.2) is 8.42 Å². The number of fused-ring (bicyclic) bond motifs is 1. The first kappa shape index (κ1) is 16.6. The average Bonchev–Trinajstić information content (AvgIpc) is 2.68. The SMILES string of the molecule is O=S(=O)(Nc1ccccc1C1=NCCCN1)c1ccc2ccccc2c1. The first-order valence-corrected chi connectivity index (χ1v) is 10.0. The zero-order valence-corrected chi connectivity index (χ0v) is 15.0. The number of para-hydroxylation sites is 1. The van der Waals surface area contributed by atoms with Crippen molar-refractivity contribution in [2.75, 3.05) is 17.8 Å². The molecule has 4 rings (SSSR count). The summed E-state index contributed by atoms with van der Waals surface area (Å²) < 4.78 is 28.5. The van der Waals surface area contributed by atoms with Gasteiger partial charge < -0.3 is 5.32 Å². The quantitative estimate of drug-likeness (QED) is 0.745. The van der Waals surface area contributed by atoms with Crippen LogP contribution in [0.25, 0.3) is 10.8 Å². The van der Waals surface area contributed by atoms with E-state index in [1.807, 2.05) is 48.5 Å². The number of rotatable bonds is 4. The molecule has 0 unspecified atom stereocenters. The highest BCUT2D eigenvalue weighted by molar-refractivity contribution is 7.92. The minimum absolute atomic E-state index is 0.240. The van der Waals surface area contributed by atoms with Crippen molar-refractivity contribution in [2.45, 2.75) is 11.3 Å². The number of aliphatic imine (C=N–C) groups is 1. The van der Waals surface area contributed by atoms with Gasteiger partial charge in [-0.05, 0) is 41.5 Å². The first-order chi connectivity index (χ1) is 12.6. The Bertz CT molecular complexity index is 1090. The van der Waals surface area contributed by atoms with Gasteiger partial charge in [0.15, 0.2) is 0 Å². The summed E-state index contributed by atoms with van der Waals surface area (Å²) in [5.74, 6) is 0.730. The van der Waals surface area contributed by atoms with Crippen LogP contribution in [0.2, 0.25) is 0 Å². The van der Waals surface area contributed by atoms with Gasteiger partial charge in [-0.1, -0.05) is 42.5 Å². The summed E-state index contributed by atoms with van der Waals surface area (Å²) >= 11 is 0. The van der Waals surface area contributed by atoms with Gasteiger partial charge in [-0.15, -0.1) is 0 Å². The van der Waals surface area contributed by atoms with Gasteiger partial charge in [0.1, 0.15) is 5.84 Å². The lowest BCUT2D eigenvalue weighted by Gasteiger charge is -2.18. The summed E-state index contributed by atoms with van der Waals surface area (Å²) in [6, 6.07) is 20.2. The van der Waals surface area contributed by atoms with Gasteiger partial charge in [-0.3, -0.25) is 9.71 Å². The summed E-state index contributed by atoms with van der Waals surface area (Å²) in [7, 11) is -3.70. The van der Waals surface area contributed by atoms with Crippen molar-refractivity contribution < 1.29 is 8.42 Å². The summed E-state index contributed by atoms with van der Waals surface area (Å²) in [4.78, 5) is 4.72. The van der Waals surface area contributed by atoms with Gasteiger partial charge in [0.05, 0.1) is 10.6 Å². The predicted octanol–water partition coefficient (Wildman–Crippen LogP) is 3.38. The second kappa shape index (κ2) is 6.80. The van der Waals surface area contributed by atoms with Crippen molar-refractivity contribution in [3.8, 4) is 0 Å². The molecule has 0 aromatic heterocycles. The highest BCUT2D eigenvalue weighted by Gasteiger charge is 2.18. The maximum absolute atomic E-state index is 12.9. The molecule has 26 heavy (non-hydrogen) atoms. The molecule has 0 saturated heterocycles. The summed E-state index contributed by atoms with van der Waals surface area (Å²) in [6.07, 6.45) is 0.981. The van der Waals surface area contributed by atoms with Crippen molar-refractivity contribution in [3.63, 3.8) is 0 Å². The van der Waals surface area contributed by atoms with Crippen molar-refractivity contribution in [2.24, 2.45) is 4.99 Å². The average molecular weight is 365 g/mol. The number of nitrogens with zero attached hydrogens (tertiary/aromatic N) is 1. The van der Waals surface area contributed by atoms with Crippen LogP contribution >= 0.6 is 0 Å². The minimum atomic E-state index is -3.70. The molecule has 3 aromatic carbocycles. The van der Waals surface area contributed by atoms with Gasteiger partial charge in [0, 0.05) is 18.7 Å². The Morgan fingerprint density at radius 1 is 0.923 bits per heavy atom. The van der Waals surface area contributed by atoms with Gasteiger partial charge in [0.25, 0.3) is 10.0 Å². The van der Waals surface area contributed by atoms with Crippen LogP contribution < -0.4 is 10.0 Å². The molecule has 0 amide bonds. The third-order valence-corrected chi connectivity index (χ3v) is 5.72. The van der Waals surface area contributed by atoms with E-state index in [-0.39, 0.29) is 4.90 Å². The predicted molar refractivity (Wildman–Crippen MR) is 105 cm³/mol. The molecule has 132 valence electrons. The number of hydrogen-bond acceptors (Lipinski definition) is 4. The monoisotopic (exact) mass is 365 g/mol. The molecular weight excluding hydrogens is 346 g/mol. The fraction of sp³-hybridized carbons (Fsp3) is 0.150. The molecule has 0 spiro atoms. The fourth-order valence-corrected chi connectivity index (χ4v) is 4.14. The van der Waals surface area contributed by atoms with Crippen LogP contribution in [0.15, 0.2) is 76.6 Å². The second-order valence-electron chi connectivity index (χ2n) is 6.17. The minimum Gasteiger partial charge on any atom is -0.370 e. The topological polar surface area (TPSA) is 70.6 Å². The lowest BCUT2D eigenvalue weighted by molar-refractivity contribution is 0.601. The third-order valence-electron chi connectivity index (χ3n) is 4.35. The summed E-state index contributed by atoms with van der Waals surface area (Å²) in [5.41, 5.74) is 1.28. The Hall–Kier alpha value is -2.86. The van der Waals surface area contributed by atoms with E-state index in [2.05, 4.69) is 15.0 Å². The maximum Gasteiger partial charge on any atom is 0.261 e. The molecule has 6 heteroatoms. The van der Waals surface area contributed by atoms with E-state index in [4.69, 9.17) is 0 Å². The van der Waals surface area contributed by atoms with Crippen molar-refractivity contribution in [1.29, 1.82) is 0 Å². The van der Waals surface area contributed by atoms with Gasteiger partial charge in [0.2, 0.25) is 0 Å². The normalized spacial score (nSPS) is 14.5. The number of hydrogen-bond donors (Lipinski definition) is 2. The Balaban J connectivity index is 1.70. The Kier molecular flexibility index (Phi) is 4.34. The van der Waals surface area contributed by atoms with E-state index >= 15 is 0 Å². The van der Waals surface area contributed by atoms with Crippen LogP contribution in [-0.2, 0) is 10.0 Å². The van der Waals surface area contributed by atoms with Crippen LogP contribution in [0.3, 0.4) is 0 Å². The third kappa shape index (κ3) is 3.28. The van der Waals surface area contributed by atoms with Crippen LogP contribution in [0.1, 0.15) is 12.0 Å². The van der Waals surface area contributed by atoms with Crippen molar-refractivity contribution >= 4 is 32.3 Å². The van der Waals surface area contributed by atoms with Crippen molar-refractivity contribution in [3.05, 3.63) is 72.3 Å². The van der Waals surface area contributed by atoms with Crippen LogP contribution in [0.5, 0.6) is 0 Å². The molecular formula is C20H19N3O2S. The number of benzene rings is 3. The number of amidine groups is 1. The lowest BCUT2D eigenvalue weighted by atomic mass is 10.1. The van der Waals surface area contributed by atoms with Gasteiger partial charge in [-0.2, -0.15) is 0 Å². The zero-order valence-electron chi connectivity index (χ0n) is 14.1. The van der Waals surface area contributed by atoms with Crippen LogP contribution in [0, 0.1) is 0 Å². The standard InChI is InChI=1S/C20H19N3O2S/c24-26(25,17-11-10-15-6-1-2-7-16(15)14-17)23-19-9-4-3-8-18(19)20-21-12-5-13-22-20/h1-4,6-11,14,23H,5,12-13H2,(H,21,22). The molecule has 0 aliphatic carbocycles. The van der Waals surface area contributed by atoms with E-state index in [9.17, 15) is 8.42 Å². The summed E-state index contributed by atoms with van der Waals surface area (Å²) in [5, 5.41) is 5.14. The Morgan fingerprint density at radius 2 is 1.69 bits per heavy atom. The Labute approximate surface area is 152 Å². The molecule has 0 saturated carbocycles. The van der Waals surface area contributed by atoms with E-state index in [0.717, 1.165) is 41.7 Å². The van der Waals surface area contributed by atoms with Crippen molar-refractivity contribution in [1.82, 2.24) is 5.32 Å². The molecule has 0 radical (unpaired) electrons. The van der Waals surface area contributed by atoms with Crippen LogP contribution in [-0.4, -0.2) is 27.3 Å². The molecule has 0 bridgehead atoms. The van der Waals surface area contributed by atoms with E-state index in [1.54, 1.807) is 18.2 Å². The van der Waals surface area contributed by atoms with E-state index in [0.29, 0.717) is 5.69 Å². The van der Waals surface area contributed by atoms with Gasteiger partial charge >= 0.3 is 0 Å². The van der Waals surface area contributed by atoms with Crippen LogP contribution in [0.4, 0.5) is 5.69 Å². The highest BCUT2D eigenvalue weighted by Crippen LogP contribution is 2.23. The molecule has 0 atom stereocenters. The lowest BCUT2D eigenvalue weighted by Crippen LogP contribution is -2.31. The molecule has 2 N–H and O–H groups in total. The molecule has 1 heterocycles. The summed E-state index contributed by atoms with van der Waals surface area (Å²) in [6.45, 7) is 1.58. The number of sulfonamides is 1. The molecule has 5 nitrogen and oxygen atoms in total. The first-order valence-electron chi connectivity index (χ1n) is 8.53. The highest BCUT2D eigenvalue weighted by atomic mass is 32.2.